The van der Waals surface area contributed by atoms with Crippen LogP contribution in [0.15, 0.2) is 35.6 Å². The molecule has 4 heterocycles. The number of aromatic amines is 1. The lowest BCUT2D eigenvalue weighted by Crippen LogP contribution is -2.37. The summed E-state index contributed by atoms with van der Waals surface area (Å²) in [6, 6.07) is 3.82. The fourth-order valence-corrected chi connectivity index (χ4v) is 3.40. The molecule has 3 aromatic heterocycles. The van der Waals surface area contributed by atoms with Crippen molar-refractivity contribution in [2.24, 2.45) is 0 Å². The zero-order valence-corrected chi connectivity index (χ0v) is 13.1. The van der Waals surface area contributed by atoms with Crippen molar-refractivity contribution in [1.29, 1.82) is 0 Å². The van der Waals surface area contributed by atoms with E-state index in [9.17, 15) is 4.79 Å². The van der Waals surface area contributed by atoms with Crippen molar-refractivity contribution >= 4 is 28.6 Å². The molecular weight excluding hydrogens is 316 g/mol. The molecule has 4 rings (SSSR count). The molecule has 7 nitrogen and oxygen atoms in total. The molecule has 0 spiro atoms. The van der Waals surface area contributed by atoms with Crippen LogP contribution in [-0.4, -0.2) is 37.6 Å². The number of anilines is 1. The Labute approximate surface area is 137 Å². The summed E-state index contributed by atoms with van der Waals surface area (Å²) in [5, 5.41) is 0.553. The van der Waals surface area contributed by atoms with Crippen LogP contribution >= 0.6 is 11.6 Å². The van der Waals surface area contributed by atoms with Crippen LogP contribution in [0.5, 0.6) is 0 Å². The topological polar surface area (TPSA) is 79.7 Å². The first-order chi connectivity index (χ1) is 11.2. The first kappa shape index (κ1) is 14.2. The number of nitrogens with one attached hydrogen (secondary N) is 1. The van der Waals surface area contributed by atoms with E-state index in [0.717, 1.165) is 42.9 Å². The van der Waals surface area contributed by atoms with E-state index in [4.69, 9.17) is 11.6 Å². The van der Waals surface area contributed by atoms with Gasteiger partial charge >= 0.3 is 5.69 Å². The lowest BCUT2D eigenvalue weighted by molar-refractivity contribution is 0.394. The number of fused-ring (bicyclic) bond motifs is 1. The molecule has 8 heteroatoms. The summed E-state index contributed by atoms with van der Waals surface area (Å²) in [5.41, 5.74) is 1.40. The van der Waals surface area contributed by atoms with Crippen LogP contribution in [0.2, 0.25) is 5.02 Å². The summed E-state index contributed by atoms with van der Waals surface area (Å²) in [4.78, 5) is 29.8. The fraction of sp³-hybridized carbons (Fsp3) is 0.333. The zero-order chi connectivity index (χ0) is 15.8. The maximum Gasteiger partial charge on any atom is 0.327 e. The van der Waals surface area contributed by atoms with E-state index in [1.54, 1.807) is 17.0 Å². The third-order valence-corrected chi connectivity index (χ3v) is 4.52. The number of piperidine rings is 1. The lowest BCUT2D eigenvalue weighted by atomic mass is 10.0. The Balaban J connectivity index is 1.59. The number of nitrogens with zero attached hydrogens (tertiary/aromatic N) is 5. The number of hydrogen-bond donors (Lipinski definition) is 1. The van der Waals surface area contributed by atoms with Crippen molar-refractivity contribution in [1.82, 2.24) is 24.5 Å². The van der Waals surface area contributed by atoms with Gasteiger partial charge in [0.25, 0.3) is 0 Å². The summed E-state index contributed by atoms with van der Waals surface area (Å²) < 4.78 is 1.77. The van der Waals surface area contributed by atoms with Crippen LogP contribution in [0.1, 0.15) is 18.9 Å². The Kier molecular flexibility index (Phi) is 3.49. The van der Waals surface area contributed by atoms with Gasteiger partial charge in [-0.05, 0) is 25.0 Å². The first-order valence-electron chi connectivity index (χ1n) is 7.50. The second kappa shape index (κ2) is 5.66. The molecule has 1 N–H and O–H groups in total. The van der Waals surface area contributed by atoms with Gasteiger partial charge in [-0.3, -0.25) is 4.57 Å². The summed E-state index contributed by atoms with van der Waals surface area (Å²) in [6.07, 6.45) is 6.49. The highest BCUT2D eigenvalue weighted by molar-refractivity contribution is 6.32. The Hall–Kier alpha value is -2.41. The Bertz CT molecular complexity index is 896. The third-order valence-electron chi connectivity index (χ3n) is 4.25. The number of pyridine rings is 1. The van der Waals surface area contributed by atoms with Gasteiger partial charge in [0, 0.05) is 25.3 Å². The summed E-state index contributed by atoms with van der Waals surface area (Å²) in [6.45, 7) is 1.57. The SMILES string of the molecule is O=c1[nH]c2cccnc2n1C1CCN(c2ncncc2Cl)CC1. The van der Waals surface area contributed by atoms with E-state index in [2.05, 4.69) is 24.8 Å². The number of hydrogen-bond acceptors (Lipinski definition) is 5. The zero-order valence-electron chi connectivity index (χ0n) is 12.3. The van der Waals surface area contributed by atoms with E-state index in [-0.39, 0.29) is 11.7 Å². The minimum Gasteiger partial charge on any atom is -0.355 e. The van der Waals surface area contributed by atoms with Crippen LogP contribution < -0.4 is 10.6 Å². The first-order valence-corrected chi connectivity index (χ1v) is 7.87. The molecule has 0 amide bonds. The molecule has 23 heavy (non-hydrogen) atoms. The van der Waals surface area contributed by atoms with Crippen molar-refractivity contribution in [3.05, 3.63) is 46.4 Å². The fourth-order valence-electron chi connectivity index (χ4n) is 3.17. The molecule has 1 fully saturated rings. The van der Waals surface area contributed by atoms with E-state index in [1.807, 2.05) is 12.1 Å². The average molecular weight is 331 g/mol. The standard InChI is InChI=1S/C15H15ClN6O/c16-11-8-17-9-19-13(11)21-6-3-10(4-7-21)22-14-12(20-15(22)23)2-1-5-18-14/h1-2,5,8-10H,3-4,6-7H2,(H,20,23). The van der Waals surface area contributed by atoms with Crippen LogP contribution in [-0.2, 0) is 0 Å². The molecule has 1 aliphatic rings. The molecule has 0 bridgehead atoms. The van der Waals surface area contributed by atoms with Crippen molar-refractivity contribution in [3.8, 4) is 0 Å². The molecule has 118 valence electrons. The van der Waals surface area contributed by atoms with Gasteiger partial charge in [0.2, 0.25) is 0 Å². The van der Waals surface area contributed by atoms with E-state index in [0.29, 0.717) is 5.02 Å². The van der Waals surface area contributed by atoms with Gasteiger partial charge in [-0.2, -0.15) is 0 Å². The smallest absolute Gasteiger partial charge is 0.327 e. The summed E-state index contributed by atoms with van der Waals surface area (Å²) >= 11 is 6.16. The van der Waals surface area contributed by atoms with E-state index >= 15 is 0 Å². The van der Waals surface area contributed by atoms with E-state index < -0.39 is 0 Å². The van der Waals surface area contributed by atoms with Gasteiger partial charge in [-0.1, -0.05) is 11.6 Å². The highest BCUT2D eigenvalue weighted by atomic mass is 35.5. The highest BCUT2D eigenvalue weighted by Gasteiger charge is 2.25. The maximum absolute atomic E-state index is 12.3. The molecule has 0 unspecified atom stereocenters. The molecular formula is C15H15ClN6O. The molecule has 1 aliphatic heterocycles. The number of H-pyrrole nitrogens is 1. The maximum atomic E-state index is 12.3. The second-order valence-corrected chi connectivity index (χ2v) is 5.99. The van der Waals surface area contributed by atoms with Gasteiger partial charge in [0.1, 0.15) is 11.3 Å². The van der Waals surface area contributed by atoms with Crippen molar-refractivity contribution < 1.29 is 0 Å². The van der Waals surface area contributed by atoms with Gasteiger partial charge in [-0.15, -0.1) is 0 Å². The van der Waals surface area contributed by atoms with Crippen molar-refractivity contribution in [2.45, 2.75) is 18.9 Å². The normalized spacial score (nSPS) is 16.1. The minimum atomic E-state index is -0.0998. The van der Waals surface area contributed by atoms with Crippen molar-refractivity contribution in [3.63, 3.8) is 0 Å². The second-order valence-electron chi connectivity index (χ2n) is 5.59. The molecule has 0 aromatic carbocycles. The van der Waals surface area contributed by atoms with Crippen molar-refractivity contribution in [2.75, 3.05) is 18.0 Å². The largest absolute Gasteiger partial charge is 0.355 e. The Morgan fingerprint density at radius 1 is 1.26 bits per heavy atom. The van der Waals surface area contributed by atoms with Gasteiger partial charge in [-0.25, -0.2) is 19.7 Å². The minimum absolute atomic E-state index is 0.0998. The Morgan fingerprint density at radius 3 is 2.87 bits per heavy atom. The molecule has 0 atom stereocenters. The number of imidazole rings is 1. The molecule has 0 aliphatic carbocycles. The third kappa shape index (κ3) is 2.46. The van der Waals surface area contributed by atoms with Crippen LogP contribution in [0.4, 0.5) is 5.82 Å². The highest BCUT2D eigenvalue weighted by Crippen LogP contribution is 2.29. The van der Waals surface area contributed by atoms with Gasteiger partial charge < -0.3 is 9.88 Å². The molecule has 0 radical (unpaired) electrons. The van der Waals surface area contributed by atoms with E-state index in [1.165, 1.54) is 6.33 Å². The van der Waals surface area contributed by atoms with Crippen LogP contribution in [0.25, 0.3) is 11.2 Å². The Morgan fingerprint density at radius 2 is 2.09 bits per heavy atom. The predicted octanol–water partition coefficient (Wildman–Crippen LogP) is 2.01. The van der Waals surface area contributed by atoms with Gasteiger partial charge in [0.05, 0.1) is 11.7 Å². The summed E-state index contributed by atoms with van der Waals surface area (Å²) in [7, 11) is 0. The number of rotatable bonds is 2. The molecule has 1 saturated heterocycles. The number of aromatic nitrogens is 5. The van der Waals surface area contributed by atoms with Crippen LogP contribution in [0, 0.1) is 0 Å². The molecule has 0 saturated carbocycles. The number of halogens is 1. The summed E-state index contributed by atoms with van der Waals surface area (Å²) in [5.74, 6) is 0.754. The lowest BCUT2D eigenvalue weighted by Gasteiger charge is -2.33. The average Bonchev–Trinajstić information content (AvgIpc) is 2.91. The monoisotopic (exact) mass is 330 g/mol. The quantitative estimate of drug-likeness (QED) is 0.777. The molecule has 3 aromatic rings. The van der Waals surface area contributed by atoms with Gasteiger partial charge in [0.15, 0.2) is 11.5 Å². The van der Waals surface area contributed by atoms with Crippen LogP contribution in [0.3, 0.4) is 0 Å². The predicted molar refractivity (Wildman–Crippen MR) is 87.9 cm³/mol.